The lowest BCUT2D eigenvalue weighted by Gasteiger charge is -2.12. The lowest BCUT2D eigenvalue weighted by atomic mass is 10.1. The Bertz CT molecular complexity index is 444. The number of alkyl halides is 3. The van der Waals surface area contributed by atoms with Crippen LogP contribution in [0.5, 0.6) is 5.75 Å². The molecule has 0 saturated carbocycles. The van der Waals surface area contributed by atoms with Crippen LogP contribution in [0.3, 0.4) is 0 Å². The van der Waals surface area contributed by atoms with E-state index in [0.717, 1.165) is 0 Å². The normalized spacial score (nSPS) is 11.4. The van der Waals surface area contributed by atoms with Crippen LogP contribution in [0.4, 0.5) is 13.2 Å². The third kappa shape index (κ3) is 3.33. The SMILES string of the molecule is COc1cc(C(N)=O)c(C)nc1CC(F)(F)F. The smallest absolute Gasteiger partial charge is 0.394 e. The molecule has 1 aromatic heterocycles. The van der Waals surface area contributed by atoms with Crippen LogP contribution < -0.4 is 10.5 Å². The Balaban J connectivity index is 3.24. The van der Waals surface area contributed by atoms with E-state index in [-0.39, 0.29) is 22.7 Å². The average Bonchev–Trinajstić information content (AvgIpc) is 2.14. The van der Waals surface area contributed by atoms with Crippen LogP contribution in [-0.4, -0.2) is 24.2 Å². The summed E-state index contributed by atoms with van der Waals surface area (Å²) in [4.78, 5) is 14.7. The number of rotatable bonds is 3. The van der Waals surface area contributed by atoms with Gasteiger partial charge in [-0.1, -0.05) is 0 Å². The largest absolute Gasteiger partial charge is 0.495 e. The summed E-state index contributed by atoms with van der Waals surface area (Å²) in [6.45, 7) is 1.42. The van der Waals surface area contributed by atoms with Crippen LogP contribution in [0.15, 0.2) is 6.07 Å². The van der Waals surface area contributed by atoms with Crippen molar-refractivity contribution < 1.29 is 22.7 Å². The van der Waals surface area contributed by atoms with Crippen molar-refractivity contribution in [3.05, 3.63) is 23.0 Å². The van der Waals surface area contributed by atoms with Crippen molar-refractivity contribution in [2.75, 3.05) is 7.11 Å². The summed E-state index contributed by atoms with van der Waals surface area (Å²) in [5, 5.41) is 0. The van der Waals surface area contributed by atoms with E-state index in [1.807, 2.05) is 0 Å². The van der Waals surface area contributed by atoms with Gasteiger partial charge in [-0.25, -0.2) is 0 Å². The predicted octanol–water partition coefficient (Wildman–Crippen LogP) is 1.60. The van der Waals surface area contributed by atoms with E-state index in [1.165, 1.54) is 20.1 Å². The Morgan fingerprint density at radius 2 is 2.12 bits per heavy atom. The number of pyridine rings is 1. The van der Waals surface area contributed by atoms with Gasteiger partial charge in [0.05, 0.1) is 30.5 Å². The van der Waals surface area contributed by atoms with E-state index in [1.54, 1.807) is 0 Å². The summed E-state index contributed by atoms with van der Waals surface area (Å²) in [7, 11) is 1.21. The molecule has 0 saturated heterocycles. The molecular weight excluding hydrogens is 237 g/mol. The number of ether oxygens (including phenoxy) is 1. The minimum atomic E-state index is -4.39. The van der Waals surface area contributed by atoms with E-state index in [9.17, 15) is 18.0 Å². The van der Waals surface area contributed by atoms with Gasteiger partial charge in [0.25, 0.3) is 5.91 Å². The first-order valence-electron chi connectivity index (χ1n) is 4.65. The Kier molecular flexibility index (Phi) is 3.59. The minimum absolute atomic E-state index is 0.0489. The predicted molar refractivity (Wildman–Crippen MR) is 53.8 cm³/mol. The Morgan fingerprint density at radius 1 is 1.53 bits per heavy atom. The zero-order valence-corrected chi connectivity index (χ0v) is 9.26. The van der Waals surface area contributed by atoms with Gasteiger partial charge in [-0.3, -0.25) is 9.78 Å². The number of nitrogens with zero attached hydrogens (tertiary/aromatic N) is 1. The molecule has 1 rings (SSSR count). The van der Waals surface area contributed by atoms with E-state index < -0.39 is 18.5 Å². The summed E-state index contributed by atoms with van der Waals surface area (Å²) in [5.74, 6) is -0.853. The van der Waals surface area contributed by atoms with Gasteiger partial charge >= 0.3 is 6.18 Å². The molecule has 0 aliphatic heterocycles. The van der Waals surface area contributed by atoms with Crippen LogP contribution in [0.25, 0.3) is 0 Å². The van der Waals surface area contributed by atoms with Crippen LogP contribution in [0, 0.1) is 6.92 Å². The van der Waals surface area contributed by atoms with Gasteiger partial charge in [0.2, 0.25) is 0 Å². The topological polar surface area (TPSA) is 65.2 Å². The molecule has 0 aromatic carbocycles. The van der Waals surface area contributed by atoms with E-state index in [2.05, 4.69) is 4.98 Å². The molecular formula is C10H11F3N2O2. The number of aryl methyl sites for hydroxylation is 1. The van der Waals surface area contributed by atoms with E-state index >= 15 is 0 Å². The zero-order valence-electron chi connectivity index (χ0n) is 9.26. The molecule has 0 fully saturated rings. The summed E-state index contributed by atoms with van der Waals surface area (Å²) in [5.41, 5.74) is 5.00. The second kappa shape index (κ2) is 4.60. The molecule has 7 heteroatoms. The second-order valence-electron chi connectivity index (χ2n) is 3.43. The standard InChI is InChI=1S/C10H11F3N2O2/c1-5-6(9(14)16)3-8(17-2)7(15-5)4-10(11,12)13/h3H,4H2,1-2H3,(H2,14,16). The first kappa shape index (κ1) is 13.3. The van der Waals surface area contributed by atoms with Gasteiger partial charge in [-0.05, 0) is 13.0 Å². The molecule has 0 atom stereocenters. The summed E-state index contributed by atoms with van der Waals surface area (Å²) in [6, 6.07) is 1.17. The third-order valence-corrected chi connectivity index (χ3v) is 2.11. The third-order valence-electron chi connectivity index (χ3n) is 2.11. The highest BCUT2D eigenvalue weighted by Crippen LogP contribution is 2.27. The number of halogens is 3. The molecule has 1 aromatic rings. The summed E-state index contributed by atoms with van der Waals surface area (Å²) < 4.78 is 41.6. The highest BCUT2D eigenvalue weighted by molar-refractivity contribution is 5.94. The fourth-order valence-corrected chi connectivity index (χ4v) is 1.38. The molecule has 94 valence electrons. The number of amides is 1. The van der Waals surface area contributed by atoms with Crippen molar-refractivity contribution >= 4 is 5.91 Å². The van der Waals surface area contributed by atoms with Crippen molar-refractivity contribution in [1.82, 2.24) is 4.98 Å². The molecule has 0 spiro atoms. The Morgan fingerprint density at radius 3 is 2.53 bits per heavy atom. The van der Waals surface area contributed by atoms with Crippen molar-refractivity contribution in [1.29, 1.82) is 0 Å². The van der Waals surface area contributed by atoms with Gasteiger partial charge < -0.3 is 10.5 Å². The highest BCUT2D eigenvalue weighted by Gasteiger charge is 2.31. The van der Waals surface area contributed by atoms with Crippen LogP contribution in [0.2, 0.25) is 0 Å². The highest BCUT2D eigenvalue weighted by atomic mass is 19.4. The number of hydrogen-bond donors (Lipinski definition) is 1. The lowest BCUT2D eigenvalue weighted by molar-refractivity contribution is -0.128. The van der Waals surface area contributed by atoms with Gasteiger partial charge in [0.1, 0.15) is 5.75 Å². The number of primary amides is 1. The van der Waals surface area contributed by atoms with Crippen molar-refractivity contribution in [3.63, 3.8) is 0 Å². The monoisotopic (exact) mass is 248 g/mol. The maximum Gasteiger partial charge on any atom is 0.394 e. The molecule has 4 nitrogen and oxygen atoms in total. The number of nitrogens with two attached hydrogens (primary N) is 1. The summed E-state index contributed by atoms with van der Waals surface area (Å²) in [6.07, 6.45) is -5.60. The van der Waals surface area contributed by atoms with Crippen molar-refractivity contribution in [2.45, 2.75) is 19.5 Å². The van der Waals surface area contributed by atoms with E-state index in [4.69, 9.17) is 10.5 Å². The summed E-state index contributed by atoms with van der Waals surface area (Å²) >= 11 is 0. The number of hydrogen-bond acceptors (Lipinski definition) is 3. The Labute approximate surface area is 95.6 Å². The number of carbonyl (C=O) groups excluding carboxylic acids is 1. The maximum absolute atomic E-state index is 12.3. The van der Waals surface area contributed by atoms with Gasteiger partial charge in [-0.2, -0.15) is 13.2 Å². The van der Waals surface area contributed by atoms with Gasteiger partial charge in [0.15, 0.2) is 0 Å². The molecule has 17 heavy (non-hydrogen) atoms. The molecule has 1 amide bonds. The van der Waals surface area contributed by atoms with Crippen LogP contribution in [-0.2, 0) is 6.42 Å². The number of aromatic nitrogens is 1. The average molecular weight is 248 g/mol. The minimum Gasteiger partial charge on any atom is -0.495 e. The Hall–Kier alpha value is -1.79. The molecule has 0 bridgehead atoms. The fourth-order valence-electron chi connectivity index (χ4n) is 1.38. The number of methoxy groups -OCH3 is 1. The van der Waals surface area contributed by atoms with Crippen LogP contribution >= 0.6 is 0 Å². The molecule has 0 aliphatic rings. The first-order valence-corrected chi connectivity index (χ1v) is 4.65. The second-order valence-corrected chi connectivity index (χ2v) is 3.43. The first-order chi connectivity index (χ1) is 7.74. The van der Waals surface area contributed by atoms with Crippen molar-refractivity contribution in [2.24, 2.45) is 5.73 Å². The lowest BCUT2D eigenvalue weighted by Crippen LogP contribution is -2.18. The zero-order chi connectivity index (χ0) is 13.2. The quantitative estimate of drug-likeness (QED) is 0.883. The maximum atomic E-state index is 12.3. The van der Waals surface area contributed by atoms with E-state index in [0.29, 0.717) is 0 Å². The van der Waals surface area contributed by atoms with Crippen molar-refractivity contribution in [3.8, 4) is 5.75 Å². The number of carbonyl (C=O) groups is 1. The molecule has 0 unspecified atom stereocenters. The molecule has 1 heterocycles. The fraction of sp³-hybridized carbons (Fsp3) is 0.400. The van der Waals surface area contributed by atoms with Gasteiger partial charge in [0, 0.05) is 0 Å². The van der Waals surface area contributed by atoms with Crippen LogP contribution in [0.1, 0.15) is 21.7 Å². The van der Waals surface area contributed by atoms with Gasteiger partial charge in [-0.15, -0.1) is 0 Å². The molecule has 0 radical (unpaired) electrons. The molecule has 0 aliphatic carbocycles. The molecule has 2 N–H and O–H groups in total.